The van der Waals surface area contributed by atoms with Gasteiger partial charge < -0.3 is 14.2 Å². The third-order valence-electron chi connectivity index (χ3n) is 4.84. The molecular weight excluding hydrogens is 441 g/mol. The van der Waals surface area contributed by atoms with Crippen LogP contribution in [0.5, 0.6) is 5.75 Å². The highest BCUT2D eigenvalue weighted by Crippen LogP contribution is 2.29. The molecule has 0 radical (unpaired) electrons. The first kappa shape index (κ1) is 26.4. The Kier molecular flexibility index (Phi) is 9.07. The van der Waals surface area contributed by atoms with Crippen LogP contribution in [0, 0.1) is 5.92 Å². The van der Waals surface area contributed by atoms with Gasteiger partial charge in [0.05, 0.1) is 18.8 Å². The number of hydrogen-bond acceptors (Lipinski definition) is 6. The molecule has 1 aliphatic rings. The topological polar surface area (TPSA) is 78.9 Å². The molecule has 2 rings (SSSR count). The number of ether oxygens (including phenoxy) is 3. The van der Waals surface area contributed by atoms with Crippen LogP contribution in [0.15, 0.2) is 30.3 Å². The van der Waals surface area contributed by atoms with E-state index in [0.29, 0.717) is 31.4 Å². The van der Waals surface area contributed by atoms with Crippen LogP contribution in [0.25, 0.3) is 6.08 Å². The summed E-state index contributed by atoms with van der Waals surface area (Å²) in [6, 6.07) is 6.61. The molecule has 0 atom stereocenters. The van der Waals surface area contributed by atoms with E-state index >= 15 is 0 Å². The molecule has 9 heteroatoms. The van der Waals surface area contributed by atoms with Crippen molar-refractivity contribution < 1.29 is 41.8 Å². The second-order valence-corrected chi connectivity index (χ2v) is 8.94. The van der Waals surface area contributed by atoms with Crippen LogP contribution >= 0.6 is 0 Å². The summed E-state index contributed by atoms with van der Waals surface area (Å²) < 4.78 is 52.2. The van der Waals surface area contributed by atoms with Gasteiger partial charge in [-0.05, 0) is 70.2 Å². The minimum atomic E-state index is -4.40. The van der Waals surface area contributed by atoms with E-state index < -0.39 is 48.6 Å². The highest BCUT2D eigenvalue weighted by Gasteiger charge is 2.32. The molecule has 0 N–H and O–H groups in total. The van der Waals surface area contributed by atoms with Crippen LogP contribution < -0.4 is 4.74 Å². The van der Waals surface area contributed by atoms with Gasteiger partial charge in [-0.25, -0.2) is 4.79 Å². The molecule has 1 saturated carbocycles. The fourth-order valence-corrected chi connectivity index (χ4v) is 3.25. The molecule has 1 aromatic rings. The summed E-state index contributed by atoms with van der Waals surface area (Å²) in [5.41, 5.74) is 0.154. The van der Waals surface area contributed by atoms with E-state index in [1.807, 2.05) is 0 Å². The number of halogens is 3. The molecule has 0 amide bonds. The Morgan fingerprint density at radius 1 is 1.00 bits per heavy atom. The first-order valence-electron chi connectivity index (χ1n) is 10.8. The maximum Gasteiger partial charge on any atom is 0.389 e. The van der Waals surface area contributed by atoms with Crippen LogP contribution in [0.4, 0.5) is 13.2 Å². The number of benzene rings is 1. The van der Waals surface area contributed by atoms with Crippen molar-refractivity contribution >= 4 is 24.0 Å². The maximum absolute atomic E-state index is 12.4. The van der Waals surface area contributed by atoms with Crippen LogP contribution in [0.1, 0.15) is 64.9 Å². The van der Waals surface area contributed by atoms with Crippen molar-refractivity contribution in [2.24, 2.45) is 5.92 Å². The lowest BCUT2D eigenvalue weighted by Crippen LogP contribution is -2.30. The zero-order chi connectivity index (χ0) is 24.6. The van der Waals surface area contributed by atoms with Gasteiger partial charge in [0.25, 0.3) is 0 Å². The third kappa shape index (κ3) is 10.5. The van der Waals surface area contributed by atoms with Gasteiger partial charge in [0.2, 0.25) is 0 Å². The monoisotopic (exact) mass is 470 g/mol. The predicted octanol–water partition coefficient (Wildman–Crippen LogP) is 5.39. The van der Waals surface area contributed by atoms with Gasteiger partial charge in [-0.3, -0.25) is 9.59 Å². The maximum atomic E-state index is 12.4. The average molecular weight is 470 g/mol. The normalized spacial score (nSPS) is 19.2. The van der Waals surface area contributed by atoms with Gasteiger partial charge in [-0.2, -0.15) is 13.2 Å². The summed E-state index contributed by atoms with van der Waals surface area (Å²) in [7, 11) is 0. The van der Waals surface area contributed by atoms with Gasteiger partial charge in [-0.15, -0.1) is 0 Å². The summed E-state index contributed by atoms with van der Waals surface area (Å²) in [4.78, 5) is 35.7. The number of esters is 3. The van der Waals surface area contributed by atoms with Crippen LogP contribution in [0.2, 0.25) is 0 Å². The van der Waals surface area contributed by atoms with Crippen molar-refractivity contribution in [3.63, 3.8) is 0 Å². The Bertz CT molecular complexity index is 844. The highest BCUT2D eigenvalue weighted by molar-refractivity contribution is 5.87. The molecule has 33 heavy (non-hydrogen) atoms. The smallest absolute Gasteiger partial charge is 0.389 e. The molecule has 182 valence electrons. The molecule has 1 fully saturated rings. The van der Waals surface area contributed by atoms with Gasteiger partial charge in [0, 0.05) is 6.08 Å². The Morgan fingerprint density at radius 2 is 1.61 bits per heavy atom. The third-order valence-corrected chi connectivity index (χ3v) is 4.84. The number of carbonyl (C=O) groups is 3. The van der Waals surface area contributed by atoms with Gasteiger partial charge in [0.15, 0.2) is 0 Å². The fraction of sp³-hybridized carbons (Fsp3) is 0.542. The lowest BCUT2D eigenvalue weighted by atomic mass is 9.87. The molecule has 0 aromatic heterocycles. The Balaban J connectivity index is 1.76. The molecule has 0 unspecified atom stereocenters. The van der Waals surface area contributed by atoms with E-state index in [-0.39, 0.29) is 5.92 Å². The van der Waals surface area contributed by atoms with Gasteiger partial charge >= 0.3 is 24.1 Å². The standard InChI is InChI=1S/C24H29F3O6/c1-23(2,3)33-21(29)13-6-16-4-9-19(10-5-16)32-22(30)17-7-11-18(12-8-17)31-20(28)14-15-24(25,26)27/h4-6,9-10,13,17-18H,7-8,11-12,14-15H2,1-3H3/b13-6+/t17-,18-. The summed E-state index contributed by atoms with van der Waals surface area (Å²) in [5, 5.41) is 0. The molecule has 1 aromatic carbocycles. The Morgan fingerprint density at radius 3 is 2.15 bits per heavy atom. The molecule has 6 nitrogen and oxygen atoms in total. The van der Waals surface area contributed by atoms with E-state index in [9.17, 15) is 27.6 Å². The summed E-state index contributed by atoms with van der Waals surface area (Å²) in [6.07, 6.45) is -2.23. The molecule has 0 heterocycles. The van der Waals surface area contributed by atoms with E-state index in [1.54, 1.807) is 51.1 Å². The van der Waals surface area contributed by atoms with Crippen molar-refractivity contribution in [1.29, 1.82) is 0 Å². The SMILES string of the molecule is CC(C)(C)OC(=O)/C=C/c1ccc(OC(=O)[C@H]2CC[C@H](OC(=O)CCC(F)(F)F)CC2)cc1. The zero-order valence-electron chi connectivity index (χ0n) is 18.9. The lowest BCUT2D eigenvalue weighted by Gasteiger charge is -2.27. The first-order chi connectivity index (χ1) is 15.3. The Hall–Kier alpha value is -2.84. The summed E-state index contributed by atoms with van der Waals surface area (Å²) in [5.74, 6) is -1.76. The summed E-state index contributed by atoms with van der Waals surface area (Å²) >= 11 is 0. The molecule has 0 saturated heterocycles. The van der Waals surface area contributed by atoms with E-state index in [4.69, 9.17) is 14.2 Å². The van der Waals surface area contributed by atoms with Crippen molar-refractivity contribution in [3.8, 4) is 5.75 Å². The average Bonchev–Trinajstić information content (AvgIpc) is 2.70. The molecular formula is C24H29F3O6. The van der Waals surface area contributed by atoms with Crippen molar-refractivity contribution in [1.82, 2.24) is 0 Å². The van der Waals surface area contributed by atoms with E-state index in [0.717, 1.165) is 5.56 Å². The van der Waals surface area contributed by atoms with E-state index in [1.165, 1.54) is 6.08 Å². The molecule has 0 aliphatic heterocycles. The number of carbonyl (C=O) groups excluding carboxylic acids is 3. The quantitative estimate of drug-likeness (QED) is 0.302. The second-order valence-electron chi connectivity index (χ2n) is 8.94. The first-order valence-corrected chi connectivity index (χ1v) is 10.8. The molecule has 0 spiro atoms. The minimum Gasteiger partial charge on any atom is -0.462 e. The van der Waals surface area contributed by atoms with Crippen LogP contribution in [-0.4, -0.2) is 35.8 Å². The van der Waals surface area contributed by atoms with E-state index in [2.05, 4.69) is 0 Å². The molecule has 1 aliphatic carbocycles. The van der Waals surface area contributed by atoms with Crippen LogP contribution in [-0.2, 0) is 23.9 Å². The van der Waals surface area contributed by atoms with Gasteiger partial charge in [0.1, 0.15) is 17.5 Å². The second kappa shape index (κ2) is 11.3. The van der Waals surface area contributed by atoms with Crippen molar-refractivity contribution in [2.75, 3.05) is 0 Å². The largest absolute Gasteiger partial charge is 0.462 e. The molecule has 0 bridgehead atoms. The van der Waals surface area contributed by atoms with Crippen molar-refractivity contribution in [3.05, 3.63) is 35.9 Å². The number of alkyl halides is 3. The zero-order valence-corrected chi connectivity index (χ0v) is 18.9. The minimum absolute atomic E-state index is 0.357. The number of hydrogen-bond donors (Lipinski definition) is 0. The summed E-state index contributed by atoms with van der Waals surface area (Å²) in [6.45, 7) is 5.33. The number of rotatable bonds is 7. The Labute approximate surface area is 191 Å². The van der Waals surface area contributed by atoms with Crippen LogP contribution in [0.3, 0.4) is 0 Å². The van der Waals surface area contributed by atoms with Crippen molar-refractivity contribution in [2.45, 2.75) is 77.2 Å². The van der Waals surface area contributed by atoms with Gasteiger partial charge in [-0.1, -0.05) is 12.1 Å². The highest BCUT2D eigenvalue weighted by atomic mass is 19.4. The fourth-order valence-electron chi connectivity index (χ4n) is 3.25. The lowest BCUT2D eigenvalue weighted by molar-refractivity contribution is -0.163. The predicted molar refractivity (Wildman–Crippen MR) is 114 cm³/mol.